The fourth-order valence-corrected chi connectivity index (χ4v) is 3.99. The van der Waals surface area contributed by atoms with Crippen LogP contribution in [0.1, 0.15) is 10.4 Å². The minimum Gasteiger partial charge on any atom is -0.493 e. The average Bonchev–Trinajstić information content (AvgIpc) is 3.11. The molecule has 0 radical (unpaired) electrons. The lowest BCUT2D eigenvalue weighted by Crippen LogP contribution is -2.24. The predicted molar refractivity (Wildman–Crippen MR) is 105 cm³/mol. The molecule has 2 amide bonds. The first-order valence-corrected chi connectivity index (χ1v) is 9.27. The third-order valence-corrected chi connectivity index (χ3v) is 5.29. The Morgan fingerprint density at radius 1 is 1.18 bits per heavy atom. The Bertz CT molecular complexity index is 1300. The van der Waals surface area contributed by atoms with Gasteiger partial charge in [-0.3, -0.25) is 19.0 Å². The Morgan fingerprint density at radius 3 is 2.75 bits per heavy atom. The molecule has 2 heterocycles. The van der Waals surface area contributed by atoms with Crippen LogP contribution in [0.2, 0.25) is 0 Å². The number of aromatic hydroxyl groups is 1. The summed E-state index contributed by atoms with van der Waals surface area (Å²) in [6.07, 6.45) is 0. The van der Waals surface area contributed by atoms with E-state index in [2.05, 4.69) is 10.3 Å². The third kappa shape index (κ3) is 3.14. The molecule has 8 heteroatoms. The molecule has 0 bridgehead atoms. The van der Waals surface area contributed by atoms with Gasteiger partial charge in [-0.25, -0.2) is 4.99 Å². The molecule has 28 heavy (non-hydrogen) atoms. The lowest BCUT2D eigenvalue weighted by atomic mass is 10.1. The monoisotopic (exact) mass is 393 g/mol. The van der Waals surface area contributed by atoms with Crippen LogP contribution in [-0.4, -0.2) is 21.5 Å². The van der Waals surface area contributed by atoms with Gasteiger partial charge in [-0.15, -0.1) is 0 Å². The van der Waals surface area contributed by atoms with E-state index < -0.39 is 22.6 Å². The van der Waals surface area contributed by atoms with Gasteiger partial charge in [-0.05, 0) is 30.7 Å². The van der Waals surface area contributed by atoms with E-state index in [1.54, 1.807) is 42.5 Å². The summed E-state index contributed by atoms with van der Waals surface area (Å²) in [5, 5.41) is 14.3. The molecule has 0 aliphatic carbocycles. The molecule has 4 rings (SSSR count). The molecular formula is C20H15N3O4S. The second kappa shape index (κ2) is 6.90. The Hall–Kier alpha value is -3.52. The number of carbonyl (C=O) groups excluding carboxylic acids is 2. The summed E-state index contributed by atoms with van der Waals surface area (Å²) >= 11 is 0.716. The van der Waals surface area contributed by atoms with E-state index in [9.17, 15) is 19.5 Å². The Labute approximate surface area is 162 Å². The third-order valence-electron chi connectivity index (χ3n) is 4.31. The first-order valence-electron chi connectivity index (χ1n) is 8.46. The summed E-state index contributed by atoms with van der Waals surface area (Å²) in [7, 11) is 0. The molecule has 1 aliphatic rings. The van der Waals surface area contributed by atoms with E-state index >= 15 is 0 Å². The van der Waals surface area contributed by atoms with Gasteiger partial charge in [0.15, 0.2) is 0 Å². The maximum atomic E-state index is 12.4. The van der Waals surface area contributed by atoms with Crippen LogP contribution in [0.3, 0.4) is 0 Å². The normalized spacial score (nSPS) is 12.6. The van der Waals surface area contributed by atoms with Crippen LogP contribution in [0.5, 0.6) is 5.88 Å². The number of benzene rings is 2. The molecule has 3 aromatic rings. The minimum absolute atomic E-state index is 0.118. The number of fused-ring (bicyclic) bond motifs is 1. The van der Waals surface area contributed by atoms with Gasteiger partial charge in [0.25, 0.3) is 5.91 Å². The zero-order chi connectivity index (χ0) is 19.8. The molecule has 0 fully saturated rings. The number of rotatable bonds is 4. The summed E-state index contributed by atoms with van der Waals surface area (Å²) in [4.78, 5) is 40.5. The molecule has 140 valence electrons. The number of para-hydroxylation sites is 1. The molecule has 0 saturated carbocycles. The number of hydrogen-bond acceptors (Lipinski definition) is 5. The topological polar surface area (TPSA) is 101 Å². The molecule has 0 saturated heterocycles. The summed E-state index contributed by atoms with van der Waals surface area (Å²) in [6, 6.07) is 14.1. The van der Waals surface area contributed by atoms with Gasteiger partial charge < -0.3 is 10.4 Å². The van der Waals surface area contributed by atoms with Crippen LogP contribution in [0.15, 0.2) is 58.3 Å². The highest BCUT2D eigenvalue weighted by Gasteiger charge is 2.26. The van der Waals surface area contributed by atoms with Gasteiger partial charge >= 0.3 is 4.87 Å². The number of nitrogens with one attached hydrogen (secondary N) is 1. The highest BCUT2D eigenvalue weighted by molar-refractivity contribution is 7.11. The van der Waals surface area contributed by atoms with Crippen molar-refractivity contribution in [3.63, 3.8) is 0 Å². The van der Waals surface area contributed by atoms with Crippen LogP contribution in [-0.2, 0) is 16.1 Å². The molecule has 2 N–H and O–H groups in total. The van der Waals surface area contributed by atoms with Crippen LogP contribution in [0.25, 0.3) is 5.57 Å². The van der Waals surface area contributed by atoms with Crippen LogP contribution in [0, 0.1) is 6.92 Å². The van der Waals surface area contributed by atoms with E-state index in [-0.39, 0.29) is 17.0 Å². The van der Waals surface area contributed by atoms with Crippen LogP contribution < -0.4 is 20.8 Å². The molecule has 0 spiro atoms. The number of nitrogens with zero attached hydrogens (tertiary/aromatic N) is 2. The number of carbonyl (C=O) groups is 2. The number of amides is 2. The maximum Gasteiger partial charge on any atom is 0.311 e. The number of anilines is 1. The Kier molecular flexibility index (Phi) is 4.40. The van der Waals surface area contributed by atoms with E-state index in [0.717, 1.165) is 10.1 Å². The van der Waals surface area contributed by atoms with E-state index in [1.807, 2.05) is 13.0 Å². The molecule has 1 aromatic heterocycles. The van der Waals surface area contributed by atoms with Crippen molar-refractivity contribution in [2.45, 2.75) is 13.5 Å². The zero-order valence-corrected chi connectivity index (χ0v) is 15.6. The van der Waals surface area contributed by atoms with Gasteiger partial charge in [-0.2, -0.15) is 0 Å². The van der Waals surface area contributed by atoms with E-state index in [4.69, 9.17) is 0 Å². The van der Waals surface area contributed by atoms with Crippen molar-refractivity contribution >= 4 is 34.4 Å². The fraction of sp³-hybridized carbons (Fsp3) is 0.100. The summed E-state index contributed by atoms with van der Waals surface area (Å²) in [6.45, 7) is 1.53. The summed E-state index contributed by atoms with van der Waals surface area (Å²) < 4.78 is 0.951. The summed E-state index contributed by atoms with van der Waals surface area (Å²) in [5.74, 6) is -1.39. The predicted octanol–water partition coefficient (Wildman–Crippen LogP) is 0.921. The summed E-state index contributed by atoms with van der Waals surface area (Å²) in [5.41, 5.74) is 1.75. The van der Waals surface area contributed by atoms with Gasteiger partial charge in [0.05, 0.1) is 10.9 Å². The van der Waals surface area contributed by atoms with Crippen molar-refractivity contribution in [1.29, 1.82) is 0 Å². The molecule has 0 unspecified atom stereocenters. The molecular weight excluding hydrogens is 378 g/mol. The van der Waals surface area contributed by atoms with E-state index in [1.165, 1.54) is 0 Å². The second-order valence-electron chi connectivity index (χ2n) is 6.33. The van der Waals surface area contributed by atoms with Crippen molar-refractivity contribution in [2.24, 2.45) is 4.99 Å². The largest absolute Gasteiger partial charge is 0.493 e. The molecule has 0 atom stereocenters. The molecule has 2 aromatic carbocycles. The number of aromatic nitrogens is 1. The van der Waals surface area contributed by atoms with Crippen LogP contribution in [0.4, 0.5) is 5.69 Å². The van der Waals surface area contributed by atoms with Crippen molar-refractivity contribution < 1.29 is 14.7 Å². The van der Waals surface area contributed by atoms with Crippen molar-refractivity contribution in [1.82, 2.24) is 4.57 Å². The molecule has 1 aliphatic heterocycles. The fourth-order valence-electron chi connectivity index (χ4n) is 3.05. The Morgan fingerprint density at radius 2 is 1.96 bits per heavy atom. The van der Waals surface area contributed by atoms with Gasteiger partial charge in [-0.1, -0.05) is 41.7 Å². The minimum atomic E-state index is -0.531. The quantitative estimate of drug-likeness (QED) is 0.688. The first kappa shape index (κ1) is 17.9. The van der Waals surface area contributed by atoms with E-state index in [0.29, 0.717) is 27.6 Å². The van der Waals surface area contributed by atoms with Gasteiger partial charge in [0, 0.05) is 10.9 Å². The average molecular weight is 393 g/mol. The molecule has 7 nitrogen and oxygen atoms in total. The lowest BCUT2D eigenvalue weighted by Gasteiger charge is -2.07. The number of aryl methyl sites for hydroxylation is 1. The van der Waals surface area contributed by atoms with Crippen molar-refractivity contribution in [3.8, 4) is 5.88 Å². The smallest absolute Gasteiger partial charge is 0.311 e. The highest BCUT2D eigenvalue weighted by atomic mass is 32.1. The Balaban J connectivity index is 1.68. The highest BCUT2D eigenvalue weighted by Crippen LogP contribution is 2.28. The van der Waals surface area contributed by atoms with Crippen LogP contribution >= 0.6 is 11.3 Å². The lowest BCUT2D eigenvalue weighted by molar-refractivity contribution is -0.117. The first-order chi connectivity index (χ1) is 13.4. The van der Waals surface area contributed by atoms with Gasteiger partial charge in [0.1, 0.15) is 11.4 Å². The number of hydrogen-bond donors (Lipinski definition) is 2. The maximum absolute atomic E-state index is 12.4. The number of thiazole rings is 1. The van der Waals surface area contributed by atoms with Gasteiger partial charge in [0.2, 0.25) is 11.8 Å². The zero-order valence-electron chi connectivity index (χ0n) is 14.8. The standard InChI is InChI=1S/C20H15N3O4S/c1-11-5-4-6-12(9-11)21-15(24)10-23-19(26)17(28-20(23)27)16-13-7-2-3-8-14(13)22-18(16)25/h2-9,26H,10H2,1H3,(H,21,24). The SMILES string of the molecule is Cc1cccc(NC(=O)Cn2c(O)c(C3=c4ccccc4=NC3=O)sc2=O)c1. The van der Waals surface area contributed by atoms with Crippen molar-refractivity contribution in [3.05, 3.63) is 79.2 Å². The second-order valence-corrected chi connectivity index (χ2v) is 7.30. The van der Waals surface area contributed by atoms with Crippen molar-refractivity contribution in [2.75, 3.05) is 5.32 Å².